The minimum Gasteiger partial charge on any atom is -0.337 e. The minimum absolute atomic E-state index is 0.0360. The molecule has 6 heteroatoms. The van der Waals surface area contributed by atoms with Gasteiger partial charge in [-0.3, -0.25) is 14.5 Å². The van der Waals surface area contributed by atoms with Gasteiger partial charge < -0.3 is 10.2 Å². The van der Waals surface area contributed by atoms with Gasteiger partial charge in [0.25, 0.3) is 0 Å². The predicted octanol–water partition coefficient (Wildman–Crippen LogP) is 5.10. The first-order chi connectivity index (χ1) is 16.9. The average molecular weight is 478 g/mol. The van der Waals surface area contributed by atoms with Gasteiger partial charge in [0.2, 0.25) is 11.8 Å². The summed E-state index contributed by atoms with van der Waals surface area (Å²) in [5.74, 6) is 0.332. The summed E-state index contributed by atoms with van der Waals surface area (Å²) >= 11 is 0. The molecule has 3 fully saturated rings. The SMILES string of the molecule is Cc1c(CN2CCN(C(=O)C3CCCC3)C(C)C2)cc(F)cc1NC(=O)C1CC1c1ccccc1. The van der Waals surface area contributed by atoms with Crippen LogP contribution in [0.15, 0.2) is 42.5 Å². The van der Waals surface area contributed by atoms with Crippen molar-refractivity contribution in [2.45, 2.75) is 64.5 Å². The van der Waals surface area contributed by atoms with Crippen molar-refractivity contribution in [3.05, 3.63) is 65.0 Å². The number of nitrogens with one attached hydrogen (secondary N) is 1. The van der Waals surface area contributed by atoms with Crippen LogP contribution in [-0.2, 0) is 16.1 Å². The lowest BCUT2D eigenvalue weighted by atomic mass is 10.0. The molecule has 2 aromatic carbocycles. The van der Waals surface area contributed by atoms with Crippen molar-refractivity contribution in [3.63, 3.8) is 0 Å². The topological polar surface area (TPSA) is 52.6 Å². The summed E-state index contributed by atoms with van der Waals surface area (Å²) in [5, 5.41) is 3.00. The molecule has 3 unspecified atom stereocenters. The molecule has 2 aliphatic carbocycles. The number of hydrogen-bond acceptors (Lipinski definition) is 3. The monoisotopic (exact) mass is 477 g/mol. The van der Waals surface area contributed by atoms with Gasteiger partial charge in [-0.15, -0.1) is 0 Å². The van der Waals surface area contributed by atoms with Crippen molar-refractivity contribution in [2.75, 3.05) is 25.0 Å². The lowest BCUT2D eigenvalue weighted by Crippen LogP contribution is -2.54. The largest absolute Gasteiger partial charge is 0.337 e. The molecule has 2 aromatic rings. The summed E-state index contributed by atoms with van der Waals surface area (Å²) in [5.41, 5.74) is 3.54. The summed E-state index contributed by atoms with van der Waals surface area (Å²) in [4.78, 5) is 30.2. The van der Waals surface area contributed by atoms with E-state index in [2.05, 4.69) is 34.2 Å². The maximum Gasteiger partial charge on any atom is 0.228 e. The van der Waals surface area contributed by atoms with E-state index < -0.39 is 0 Å². The minimum atomic E-state index is -0.334. The molecule has 2 saturated carbocycles. The Hall–Kier alpha value is -2.73. The predicted molar refractivity (Wildman–Crippen MR) is 135 cm³/mol. The highest BCUT2D eigenvalue weighted by Gasteiger charge is 2.44. The normalized spacial score (nSPS) is 25.0. The molecule has 0 radical (unpaired) electrons. The zero-order valence-corrected chi connectivity index (χ0v) is 20.8. The number of nitrogens with zero attached hydrogens (tertiary/aromatic N) is 2. The zero-order chi connectivity index (χ0) is 24.5. The van der Waals surface area contributed by atoms with E-state index in [-0.39, 0.29) is 35.5 Å². The molecule has 0 bridgehead atoms. The van der Waals surface area contributed by atoms with E-state index in [0.29, 0.717) is 18.1 Å². The fourth-order valence-electron chi connectivity index (χ4n) is 5.96. The van der Waals surface area contributed by atoms with Crippen LogP contribution in [0.4, 0.5) is 10.1 Å². The van der Waals surface area contributed by atoms with E-state index in [0.717, 1.165) is 62.9 Å². The second-order valence-corrected chi connectivity index (χ2v) is 10.7. The van der Waals surface area contributed by atoms with Crippen LogP contribution < -0.4 is 5.32 Å². The molecule has 3 aliphatic rings. The molecule has 1 saturated heterocycles. The second-order valence-electron chi connectivity index (χ2n) is 10.7. The van der Waals surface area contributed by atoms with E-state index in [1.54, 1.807) is 6.07 Å². The van der Waals surface area contributed by atoms with E-state index in [4.69, 9.17) is 0 Å². The number of carbonyl (C=O) groups excluding carboxylic acids is 2. The van der Waals surface area contributed by atoms with Crippen LogP contribution in [0.3, 0.4) is 0 Å². The van der Waals surface area contributed by atoms with Crippen LogP contribution in [0.25, 0.3) is 0 Å². The molecule has 5 rings (SSSR count). The number of halogens is 1. The molecule has 186 valence electrons. The maximum absolute atomic E-state index is 14.6. The Kier molecular flexibility index (Phi) is 6.92. The van der Waals surface area contributed by atoms with E-state index in [1.165, 1.54) is 11.6 Å². The van der Waals surface area contributed by atoms with Gasteiger partial charge in [-0.25, -0.2) is 4.39 Å². The van der Waals surface area contributed by atoms with Gasteiger partial charge in [-0.05, 0) is 67.9 Å². The van der Waals surface area contributed by atoms with Crippen LogP contribution in [0.1, 0.15) is 61.6 Å². The highest BCUT2D eigenvalue weighted by molar-refractivity contribution is 5.96. The number of carbonyl (C=O) groups is 2. The van der Waals surface area contributed by atoms with Gasteiger partial charge in [0.1, 0.15) is 5.82 Å². The van der Waals surface area contributed by atoms with Crippen molar-refractivity contribution in [1.29, 1.82) is 0 Å². The van der Waals surface area contributed by atoms with Crippen molar-refractivity contribution in [3.8, 4) is 0 Å². The van der Waals surface area contributed by atoms with Crippen LogP contribution in [0.2, 0.25) is 0 Å². The Balaban J connectivity index is 1.21. The summed E-state index contributed by atoms with van der Waals surface area (Å²) < 4.78 is 14.6. The number of benzene rings is 2. The third-order valence-electron chi connectivity index (χ3n) is 8.19. The van der Waals surface area contributed by atoms with Gasteiger partial charge >= 0.3 is 0 Å². The average Bonchev–Trinajstić information content (AvgIpc) is 3.47. The summed E-state index contributed by atoms with van der Waals surface area (Å²) in [6, 6.07) is 13.2. The third kappa shape index (κ3) is 5.27. The molecule has 1 N–H and O–H groups in total. The zero-order valence-electron chi connectivity index (χ0n) is 20.8. The fraction of sp³-hybridized carbons (Fsp3) is 0.517. The maximum atomic E-state index is 14.6. The van der Waals surface area contributed by atoms with Crippen LogP contribution in [0, 0.1) is 24.6 Å². The number of anilines is 1. The Morgan fingerprint density at radius 1 is 1.09 bits per heavy atom. The van der Waals surface area contributed by atoms with Crippen molar-refractivity contribution < 1.29 is 14.0 Å². The van der Waals surface area contributed by atoms with Crippen LogP contribution in [0.5, 0.6) is 0 Å². The van der Waals surface area contributed by atoms with Gasteiger partial charge in [0.15, 0.2) is 0 Å². The first-order valence-electron chi connectivity index (χ1n) is 13.1. The van der Waals surface area contributed by atoms with Gasteiger partial charge in [-0.2, -0.15) is 0 Å². The first kappa shape index (κ1) is 24.0. The lowest BCUT2D eigenvalue weighted by Gasteiger charge is -2.41. The van der Waals surface area contributed by atoms with Gasteiger partial charge in [0, 0.05) is 49.7 Å². The molecule has 35 heavy (non-hydrogen) atoms. The second kappa shape index (κ2) is 10.1. The quantitative estimate of drug-likeness (QED) is 0.630. The summed E-state index contributed by atoms with van der Waals surface area (Å²) in [6.07, 6.45) is 5.20. The smallest absolute Gasteiger partial charge is 0.228 e. The number of piperazine rings is 1. The molecule has 0 aromatic heterocycles. The molecule has 0 spiro atoms. The molecule has 5 nitrogen and oxygen atoms in total. The summed E-state index contributed by atoms with van der Waals surface area (Å²) in [7, 11) is 0. The first-order valence-corrected chi connectivity index (χ1v) is 13.1. The van der Waals surface area contributed by atoms with Crippen molar-refractivity contribution in [2.24, 2.45) is 11.8 Å². The standard InChI is InChI=1S/C29H36FN3O2/c1-19-17-32(12-13-33(19)29(35)22-10-6-7-11-22)18-23-14-24(30)15-27(20(23)2)31-28(34)26-16-25(26)21-8-4-3-5-9-21/h3-5,8-9,14-15,19,22,25-26H,6-7,10-13,16-18H2,1-2H3,(H,31,34). The number of hydrogen-bond donors (Lipinski definition) is 1. The third-order valence-corrected chi connectivity index (χ3v) is 8.19. The molecule has 2 amide bonds. The lowest BCUT2D eigenvalue weighted by molar-refractivity contribution is -0.140. The highest BCUT2D eigenvalue weighted by Crippen LogP contribution is 2.48. The Labute approximate surface area is 207 Å². The van der Waals surface area contributed by atoms with Crippen LogP contribution in [-0.4, -0.2) is 47.3 Å². The van der Waals surface area contributed by atoms with Crippen molar-refractivity contribution >= 4 is 17.5 Å². The fourth-order valence-corrected chi connectivity index (χ4v) is 5.96. The number of rotatable bonds is 6. The molecular formula is C29H36FN3O2. The van der Waals surface area contributed by atoms with Gasteiger partial charge in [0.05, 0.1) is 0 Å². The van der Waals surface area contributed by atoms with Gasteiger partial charge in [-0.1, -0.05) is 43.2 Å². The van der Waals surface area contributed by atoms with E-state index >= 15 is 0 Å². The molecular weight excluding hydrogens is 441 g/mol. The Bertz CT molecular complexity index is 1080. The summed E-state index contributed by atoms with van der Waals surface area (Å²) in [6.45, 7) is 6.95. The molecule has 3 atom stereocenters. The van der Waals surface area contributed by atoms with E-state index in [9.17, 15) is 14.0 Å². The van der Waals surface area contributed by atoms with E-state index in [1.807, 2.05) is 25.1 Å². The number of amides is 2. The molecule has 1 aliphatic heterocycles. The van der Waals surface area contributed by atoms with Crippen molar-refractivity contribution in [1.82, 2.24) is 9.80 Å². The highest BCUT2D eigenvalue weighted by atomic mass is 19.1. The Morgan fingerprint density at radius 3 is 2.54 bits per heavy atom. The Morgan fingerprint density at radius 2 is 1.83 bits per heavy atom. The van der Waals surface area contributed by atoms with Crippen LogP contribution >= 0.6 is 0 Å². The molecule has 1 heterocycles.